The Kier molecular flexibility index (Phi) is 3.04. The first-order valence-electron chi connectivity index (χ1n) is 4.99. The van der Waals surface area contributed by atoms with Crippen LogP contribution in [0.3, 0.4) is 0 Å². The number of benzene rings is 1. The molecule has 1 aromatic carbocycles. The lowest BCUT2D eigenvalue weighted by molar-refractivity contribution is -0.137. The minimum atomic E-state index is -0.915. The summed E-state index contributed by atoms with van der Waals surface area (Å²) in [5.74, 6) is -0.200. The zero-order chi connectivity index (χ0) is 12.3. The summed E-state index contributed by atoms with van der Waals surface area (Å²) >= 11 is 0. The van der Waals surface area contributed by atoms with Crippen LogP contribution < -0.4 is 0 Å². The van der Waals surface area contributed by atoms with Gasteiger partial charge in [-0.3, -0.25) is 4.79 Å². The number of hydrogen-bond donors (Lipinski definition) is 2. The number of carboxylic acids is 1. The molecule has 17 heavy (non-hydrogen) atoms. The molecule has 0 bridgehead atoms. The predicted octanol–water partition coefficient (Wildman–Crippen LogP) is 1.46. The van der Waals surface area contributed by atoms with E-state index in [2.05, 4.69) is 10.1 Å². The van der Waals surface area contributed by atoms with E-state index in [1.54, 1.807) is 12.1 Å². The van der Waals surface area contributed by atoms with Gasteiger partial charge in [-0.2, -0.15) is 4.98 Å². The van der Waals surface area contributed by atoms with Crippen molar-refractivity contribution in [3.63, 3.8) is 0 Å². The predicted molar refractivity (Wildman–Crippen MR) is 57.4 cm³/mol. The fourth-order valence-electron chi connectivity index (χ4n) is 1.33. The summed E-state index contributed by atoms with van der Waals surface area (Å²) in [6.45, 7) is 0. The summed E-state index contributed by atoms with van der Waals surface area (Å²) in [4.78, 5) is 14.4. The van der Waals surface area contributed by atoms with Gasteiger partial charge in [-0.15, -0.1) is 0 Å². The van der Waals surface area contributed by atoms with Crippen molar-refractivity contribution in [1.82, 2.24) is 10.1 Å². The van der Waals surface area contributed by atoms with Crippen LogP contribution in [0, 0.1) is 0 Å². The van der Waals surface area contributed by atoms with Gasteiger partial charge in [-0.1, -0.05) is 17.3 Å². The number of hydrogen-bond acceptors (Lipinski definition) is 5. The van der Waals surface area contributed by atoms with Gasteiger partial charge < -0.3 is 14.7 Å². The number of aryl methyl sites for hydroxylation is 1. The molecule has 2 aromatic rings. The number of rotatable bonds is 4. The van der Waals surface area contributed by atoms with E-state index < -0.39 is 5.97 Å². The van der Waals surface area contributed by atoms with Crippen LogP contribution in [0.15, 0.2) is 28.8 Å². The molecule has 0 aliphatic rings. The van der Waals surface area contributed by atoms with Crippen LogP contribution in [0.5, 0.6) is 5.75 Å². The van der Waals surface area contributed by atoms with Gasteiger partial charge in [-0.25, -0.2) is 0 Å². The fourth-order valence-corrected chi connectivity index (χ4v) is 1.33. The first kappa shape index (κ1) is 11.1. The quantitative estimate of drug-likeness (QED) is 0.831. The molecule has 6 nitrogen and oxygen atoms in total. The second-order valence-electron chi connectivity index (χ2n) is 3.46. The largest absolute Gasteiger partial charge is 0.508 e. The maximum absolute atomic E-state index is 10.4. The Hall–Kier alpha value is -2.37. The molecule has 2 N–H and O–H groups in total. The van der Waals surface area contributed by atoms with Crippen LogP contribution in [-0.4, -0.2) is 26.3 Å². The lowest BCUT2D eigenvalue weighted by atomic mass is 10.2. The standard InChI is InChI=1S/C11H10N2O4/c14-8-3-1-2-7(6-8)11-12-9(17-13-11)4-5-10(15)16/h1-3,6,14H,4-5H2,(H,15,16). The molecule has 0 amide bonds. The number of aliphatic carboxylic acids is 1. The van der Waals surface area contributed by atoms with Crippen molar-refractivity contribution >= 4 is 5.97 Å². The molecule has 0 fully saturated rings. The average molecular weight is 234 g/mol. The average Bonchev–Trinajstić information content (AvgIpc) is 2.75. The van der Waals surface area contributed by atoms with Crippen LogP contribution in [0.4, 0.5) is 0 Å². The molecule has 0 aliphatic carbocycles. The molecule has 0 aliphatic heterocycles. The van der Waals surface area contributed by atoms with Crippen molar-refractivity contribution < 1.29 is 19.5 Å². The molecule has 0 atom stereocenters. The van der Waals surface area contributed by atoms with Gasteiger partial charge in [0.25, 0.3) is 0 Å². The van der Waals surface area contributed by atoms with Gasteiger partial charge in [0, 0.05) is 12.0 Å². The third kappa shape index (κ3) is 2.81. The van der Waals surface area contributed by atoms with E-state index in [0.717, 1.165) is 0 Å². The first-order valence-corrected chi connectivity index (χ1v) is 4.99. The molecule has 0 spiro atoms. The fraction of sp³-hybridized carbons (Fsp3) is 0.182. The van der Waals surface area contributed by atoms with Crippen molar-refractivity contribution in [3.8, 4) is 17.1 Å². The van der Waals surface area contributed by atoms with Crippen molar-refractivity contribution in [2.45, 2.75) is 12.8 Å². The lowest BCUT2D eigenvalue weighted by Crippen LogP contribution is -1.97. The van der Waals surface area contributed by atoms with Crippen molar-refractivity contribution in [3.05, 3.63) is 30.2 Å². The number of carbonyl (C=O) groups is 1. The summed E-state index contributed by atoms with van der Waals surface area (Å²) in [5, 5.41) is 21.5. The Balaban J connectivity index is 2.15. The number of aromatic nitrogens is 2. The second kappa shape index (κ2) is 4.65. The molecule has 0 radical (unpaired) electrons. The van der Waals surface area contributed by atoms with E-state index >= 15 is 0 Å². The summed E-state index contributed by atoms with van der Waals surface area (Å²) in [5.41, 5.74) is 0.621. The minimum absolute atomic E-state index is 0.0539. The smallest absolute Gasteiger partial charge is 0.303 e. The van der Waals surface area contributed by atoms with Crippen LogP contribution in [0.1, 0.15) is 12.3 Å². The number of nitrogens with zero attached hydrogens (tertiary/aromatic N) is 2. The molecule has 6 heteroatoms. The number of phenolic OH excluding ortho intramolecular Hbond substituents is 1. The molecular weight excluding hydrogens is 224 g/mol. The summed E-state index contributed by atoms with van der Waals surface area (Å²) in [7, 11) is 0. The van der Waals surface area contributed by atoms with Crippen molar-refractivity contribution in [2.75, 3.05) is 0 Å². The number of aromatic hydroxyl groups is 1. The molecule has 0 saturated carbocycles. The van der Waals surface area contributed by atoms with Gasteiger partial charge in [0.05, 0.1) is 6.42 Å². The van der Waals surface area contributed by atoms with Crippen LogP contribution >= 0.6 is 0 Å². The van der Waals surface area contributed by atoms with Gasteiger partial charge in [0.15, 0.2) is 0 Å². The highest BCUT2D eigenvalue weighted by Gasteiger charge is 2.10. The number of carboxylic acid groups (broad SMARTS) is 1. The third-order valence-electron chi connectivity index (χ3n) is 2.13. The highest BCUT2D eigenvalue weighted by atomic mass is 16.5. The van der Waals surface area contributed by atoms with E-state index in [1.165, 1.54) is 12.1 Å². The maximum atomic E-state index is 10.4. The molecule has 1 heterocycles. The first-order chi connectivity index (χ1) is 8.15. The molecule has 2 rings (SSSR count). The monoisotopic (exact) mass is 234 g/mol. The van der Waals surface area contributed by atoms with Crippen LogP contribution in [0.2, 0.25) is 0 Å². The van der Waals surface area contributed by atoms with Gasteiger partial charge in [-0.05, 0) is 12.1 Å². The van der Waals surface area contributed by atoms with Gasteiger partial charge >= 0.3 is 5.97 Å². The SMILES string of the molecule is O=C(O)CCc1nc(-c2cccc(O)c2)no1. The zero-order valence-corrected chi connectivity index (χ0v) is 8.83. The summed E-state index contributed by atoms with van der Waals surface area (Å²) < 4.78 is 4.90. The third-order valence-corrected chi connectivity index (χ3v) is 2.13. The van der Waals surface area contributed by atoms with Gasteiger partial charge in [0.2, 0.25) is 11.7 Å². The Labute approximate surface area is 96.5 Å². The molecular formula is C11H10N2O4. The normalized spacial score (nSPS) is 10.4. The van der Waals surface area contributed by atoms with E-state index in [4.69, 9.17) is 9.63 Å². The second-order valence-corrected chi connectivity index (χ2v) is 3.46. The van der Waals surface area contributed by atoms with E-state index in [1.807, 2.05) is 0 Å². The molecule has 88 valence electrons. The summed E-state index contributed by atoms with van der Waals surface area (Å²) in [6, 6.07) is 6.43. The highest BCUT2D eigenvalue weighted by Crippen LogP contribution is 2.20. The zero-order valence-electron chi connectivity index (χ0n) is 8.83. The lowest BCUT2D eigenvalue weighted by Gasteiger charge is -1.94. The van der Waals surface area contributed by atoms with Crippen LogP contribution in [0.25, 0.3) is 11.4 Å². The Morgan fingerprint density at radius 3 is 2.94 bits per heavy atom. The molecule has 0 unspecified atom stereocenters. The van der Waals surface area contributed by atoms with E-state index in [9.17, 15) is 9.90 Å². The van der Waals surface area contributed by atoms with Crippen molar-refractivity contribution in [2.24, 2.45) is 0 Å². The van der Waals surface area contributed by atoms with Crippen LogP contribution in [-0.2, 0) is 11.2 Å². The Morgan fingerprint density at radius 1 is 1.41 bits per heavy atom. The molecule has 0 saturated heterocycles. The molecule has 1 aromatic heterocycles. The number of phenols is 1. The highest BCUT2D eigenvalue weighted by molar-refractivity contribution is 5.66. The topological polar surface area (TPSA) is 96.5 Å². The van der Waals surface area contributed by atoms with Crippen molar-refractivity contribution in [1.29, 1.82) is 0 Å². The van der Waals surface area contributed by atoms with E-state index in [-0.39, 0.29) is 24.5 Å². The maximum Gasteiger partial charge on any atom is 0.303 e. The van der Waals surface area contributed by atoms with E-state index in [0.29, 0.717) is 11.4 Å². The summed E-state index contributed by atoms with van der Waals surface area (Å²) in [6.07, 6.45) is 0.142. The van der Waals surface area contributed by atoms with Gasteiger partial charge in [0.1, 0.15) is 5.75 Å². The Morgan fingerprint density at radius 2 is 2.24 bits per heavy atom. The Bertz CT molecular complexity index is 536. The minimum Gasteiger partial charge on any atom is -0.508 e.